The van der Waals surface area contributed by atoms with Gasteiger partial charge in [-0.2, -0.15) is 36.5 Å². The Morgan fingerprint density at radius 3 is 2.61 bits per heavy atom. The molecule has 2 aromatic rings. The number of amides is 2. The number of hydrogen-bond donors (Lipinski definition) is 2. The van der Waals surface area contributed by atoms with Gasteiger partial charge in [0, 0.05) is 12.6 Å². The van der Waals surface area contributed by atoms with Gasteiger partial charge in [0.1, 0.15) is 5.82 Å². The van der Waals surface area contributed by atoms with Crippen LogP contribution in [0.15, 0.2) is 23.4 Å². The third-order valence-electron chi connectivity index (χ3n) is 3.14. The first kappa shape index (κ1) is 21.3. The number of nitrogens with one attached hydrogen (secondary N) is 2. The zero-order chi connectivity index (χ0) is 20.9. The number of carbonyl (C=O) groups excluding carboxylic acids is 1. The van der Waals surface area contributed by atoms with Gasteiger partial charge in [-0.3, -0.25) is 5.32 Å². The molecule has 14 heteroatoms. The van der Waals surface area contributed by atoms with Gasteiger partial charge in [-0.15, -0.1) is 0 Å². The first-order chi connectivity index (χ1) is 13.0. The van der Waals surface area contributed by atoms with Crippen molar-refractivity contribution in [2.24, 2.45) is 0 Å². The molecule has 28 heavy (non-hydrogen) atoms. The van der Waals surface area contributed by atoms with Gasteiger partial charge in [-0.25, -0.2) is 14.5 Å². The number of halogens is 3. The summed E-state index contributed by atoms with van der Waals surface area (Å²) in [6.45, 7) is 1.49. The zero-order valence-electron chi connectivity index (χ0n) is 14.6. The number of pyridine rings is 1. The van der Waals surface area contributed by atoms with Crippen LogP contribution in [0.1, 0.15) is 17.8 Å². The number of ether oxygens (including phenoxy) is 1. The molecule has 0 aliphatic rings. The topological polar surface area (TPSA) is 136 Å². The number of aromatic nitrogens is 4. The fraction of sp³-hybridized carbons (Fsp3) is 0.357. The Hall–Kier alpha value is -3.03. The molecule has 0 aliphatic heterocycles. The minimum atomic E-state index is -4.55. The van der Waals surface area contributed by atoms with Gasteiger partial charge in [-0.05, 0) is 25.0 Å². The van der Waals surface area contributed by atoms with Gasteiger partial charge >= 0.3 is 18.2 Å². The lowest BCUT2D eigenvalue weighted by Crippen LogP contribution is -2.36. The highest BCUT2D eigenvalue weighted by Crippen LogP contribution is 2.24. The van der Waals surface area contributed by atoms with E-state index < -0.39 is 40.1 Å². The van der Waals surface area contributed by atoms with E-state index in [-0.39, 0.29) is 23.3 Å². The minimum absolute atomic E-state index is 0.107. The fourth-order valence-electron chi connectivity index (χ4n) is 2.03. The molecule has 0 radical (unpaired) electrons. The maximum absolute atomic E-state index is 12.4. The average molecular weight is 420 g/mol. The van der Waals surface area contributed by atoms with Gasteiger partial charge in [0.05, 0.1) is 7.11 Å². The monoisotopic (exact) mass is 420 g/mol. The van der Waals surface area contributed by atoms with Gasteiger partial charge in [-0.1, -0.05) is 6.07 Å². The van der Waals surface area contributed by atoms with Crippen molar-refractivity contribution in [2.45, 2.75) is 31.0 Å². The number of urea groups is 1. The number of alkyl halides is 3. The van der Waals surface area contributed by atoms with E-state index in [2.05, 4.69) is 25.3 Å². The molecule has 0 saturated heterocycles. The quantitative estimate of drug-likeness (QED) is 0.719. The Morgan fingerprint density at radius 2 is 1.96 bits per heavy atom. The van der Waals surface area contributed by atoms with Gasteiger partial charge in [0.2, 0.25) is 5.95 Å². The van der Waals surface area contributed by atoms with Crippen molar-refractivity contribution in [3.05, 3.63) is 29.7 Å². The fourth-order valence-corrected chi connectivity index (χ4v) is 3.14. The van der Waals surface area contributed by atoms with E-state index in [0.717, 1.165) is 6.20 Å². The smallest absolute Gasteiger partial charge is 0.389 e. The molecule has 2 amide bonds. The molecule has 152 valence electrons. The van der Waals surface area contributed by atoms with Crippen LogP contribution in [0.25, 0.3) is 0 Å². The maximum atomic E-state index is 12.4. The van der Waals surface area contributed by atoms with E-state index in [9.17, 15) is 26.4 Å². The first-order valence-electron chi connectivity index (χ1n) is 7.61. The van der Waals surface area contributed by atoms with Crippen molar-refractivity contribution < 1.29 is 31.1 Å². The van der Waals surface area contributed by atoms with Crippen LogP contribution in [0.5, 0.6) is 6.01 Å². The Labute approximate surface area is 157 Å². The predicted octanol–water partition coefficient (Wildman–Crippen LogP) is 1.59. The average Bonchev–Trinajstić information content (AvgIpc) is 2.58. The van der Waals surface area contributed by atoms with Crippen molar-refractivity contribution in [3.63, 3.8) is 0 Å². The number of aryl methyl sites for hydroxylation is 2. The molecule has 0 aromatic carbocycles. The first-order valence-corrected chi connectivity index (χ1v) is 9.09. The Bertz CT molecular complexity index is 968. The van der Waals surface area contributed by atoms with E-state index >= 15 is 0 Å². The van der Waals surface area contributed by atoms with Crippen molar-refractivity contribution >= 4 is 22.0 Å². The van der Waals surface area contributed by atoms with Crippen LogP contribution >= 0.6 is 0 Å². The lowest BCUT2D eigenvalue weighted by atomic mass is 10.1. The van der Waals surface area contributed by atoms with E-state index in [1.54, 1.807) is 4.72 Å². The van der Waals surface area contributed by atoms with Gasteiger partial charge in [0.15, 0.2) is 5.03 Å². The molecule has 0 bridgehead atoms. The number of sulfonamides is 1. The van der Waals surface area contributed by atoms with Crippen LogP contribution in [0.3, 0.4) is 0 Å². The molecule has 2 N–H and O–H groups in total. The number of methoxy groups -OCH3 is 1. The van der Waals surface area contributed by atoms with Crippen LogP contribution in [-0.2, 0) is 16.4 Å². The molecule has 0 spiro atoms. The largest absolute Gasteiger partial charge is 0.467 e. The molecule has 0 fully saturated rings. The van der Waals surface area contributed by atoms with Crippen molar-refractivity contribution in [2.75, 3.05) is 12.4 Å². The molecular weight excluding hydrogens is 405 g/mol. The molecule has 0 aliphatic carbocycles. The van der Waals surface area contributed by atoms with Crippen LogP contribution in [0, 0.1) is 6.92 Å². The summed E-state index contributed by atoms with van der Waals surface area (Å²) >= 11 is 0. The van der Waals surface area contributed by atoms with E-state index in [1.807, 2.05) is 0 Å². The standard InChI is InChI=1S/C14H15F3N6O4S/c1-8-19-11(22-13(20-8)27-2)21-12(24)23-28(25,26)10-9(4-3-7-18-10)5-6-14(15,16)17/h3-4,7H,5-6H2,1-2H3,(H2,19,20,21,22,23,24). The SMILES string of the molecule is COc1nc(C)nc(NC(=O)NS(=O)(=O)c2ncccc2CCC(F)(F)F)n1. The third-order valence-corrected chi connectivity index (χ3v) is 4.47. The summed E-state index contributed by atoms with van der Waals surface area (Å²) in [5, 5.41) is 1.40. The highest BCUT2D eigenvalue weighted by molar-refractivity contribution is 7.90. The Balaban J connectivity index is 2.17. The number of hydrogen-bond acceptors (Lipinski definition) is 8. The second-order valence-corrected chi connectivity index (χ2v) is 6.93. The second-order valence-electron chi connectivity index (χ2n) is 5.34. The summed E-state index contributed by atoms with van der Waals surface area (Å²) in [6.07, 6.45) is -5.24. The van der Waals surface area contributed by atoms with Crippen LogP contribution in [0.2, 0.25) is 0 Å². The van der Waals surface area contributed by atoms with Crippen LogP contribution in [0.4, 0.5) is 23.9 Å². The van der Waals surface area contributed by atoms with Crippen molar-refractivity contribution in [1.29, 1.82) is 0 Å². The Morgan fingerprint density at radius 1 is 1.25 bits per heavy atom. The number of anilines is 1. The van der Waals surface area contributed by atoms with E-state index in [4.69, 9.17) is 4.74 Å². The summed E-state index contributed by atoms with van der Waals surface area (Å²) < 4.78 is 68.5. The number of carbonyl (C=O) groups is 1. The number of rotatable bonds is 6. The lowest BCUT2D eigenvalue weighted by molar-refractivity contribution is -0.134. The minimum Gasteiger partial charge on any atom is -0.467 e. The summed E-state index contributed by atoms with van der Waals surface area (Å²) in [7, 11) is -3.26. The number of nitrogens with zero attached hydrogens (tertiary/aromatic N) is 4. The third kappa shape index (κ3) is 6.00. The highest BCUT2D eigenvalue weighted by Gasteiger charge is 2.29. The summed E-state index contributed by atoms with van der Waals surface area (Å²) in [4.78, 5) is 26.9. The predicted molar refractivity (Wildman–Crippen MR) is 89.1 cm³/mol. The lowest BCUT2D eigenvalue weighted by Gasteiger charge is -2.12. The zero-order valence-corrected chi connectivity index (χ0v) is 15.4. The molecule has 2 rings (SSSR count). The molecule has 10 nitrogen and oxygen atoms in total. The van der Waals surface area contributed by atoms with Gasteiger partial charge < -0.3 is 4.74 Å². The molecule has 0 saturated carbocycles. The molecule has 2 aromatic heterocycles. The molecular formula is C14H15F3N6O4S. The molecule has 0 atom stereocenters. The summed E-state index contributed by atoms with van der Waals surface area (Å²) in [6, 6.07) is 1.14. The van der Waals surface area contributed by atoms with Crippen LogP contribution < -0.4 is 14.8 Å². The van der Waals surface area contributed by atoms with Crippen molar-refractivity contribution in [1.82, 2.24) is 24.7 Å². The second kappa shape index (κ2) is 8.33. The van der Waals surface area contributed by atoms with Crippen molar-refractivity contribution in [3.8, 4) is 6.01 Å². The Kier molecular flexibility index (Phi) is 6.33. The molecule has 2 heterocycles. The summed E-state index contributed by atoms with van der Waals surface area (Å²) in [5.41, 5.74) is -0.183. The maximum Gasteiger partial charge on any atom is 0.389 e. The molecule has 0 unspecified atom stereocenters. The van der Waals surface area contributed by atoms with E-state index in [0.29, 0.717) is 0 Å². The normalized spacial score (nSPS) is 11.8. The van der Waals surface area contributed by atoms with Crippen LogP contribution in [-0.4, -0.2) is 47.7 Å². The van der Waals surface area contributed by atoms with E-state index in [1.165, 1.54) is 26.2 Å². The van der Waals surface area contributed by atoms with Gasteiger partial charge in [0.25, 0.3) is 10.0 Å². The highest BCUT2D eigenvalue weighted by atomic mass is 32.2. The summed E-state index contributed by atoms with van der Waals surface area (Å²) in [5.74, 6) is -0.0838.